The highest BCUT2D eigenvalue weighted by atomic mass is 35.5. The van der Waals surface area contributed by atoms with Crippen molar-refractivity contribution in [3.05, 3.63) is 58.7 Å². The van der Waals surface area contributed by atoms with Gasteiger partial charge in [-0.3, -0.25) is 9.59 Å². The van der Waals surface area contributed by atoms with Crippen LogP contribution in [0.3, 0.4) is 0 Å². The fourth-order valence-corrected chi connectivity index (χ4v) is 3.79. The van der Waals surface area contributed by atoms with Crippen molar-refractivity contribution in [2.24, 2.45) is 5.92 Å². The number of nitrogens with one attached hydrogen (secondary N) is 1. The van der Waals surface area contributed by atoms with Crippen molar-refractivity contribution in [2.75, 3.05) is 37.6 Å². The molecule has 1 unspecified atom stereocenters. The molecule has 0 bridgehead atoms. The number of hydrogen-bond donors (Lipinski definition) is 1. The minimum absolute atomic E-state index is 0.137. The third-order valence-corrected chi connectivity index (χ3v) is 6.01. The van der Waals surface area contributed by atoms with Gasteiger partial charge in [0.15, 0.2) is 0 Å². The van der Waals surface area contributed by atoms with Gasteiger partial charge in [-0.05, 0) is 42.2 Å². The Kier molecular flexibility index (Phi) is 8.29. The lowest BCUT2D eigenvalue weighted by Crippen LogP contribution is -2.49. The first-order valence-electron chi connectivity index (χ1n) is 11.0. The third kappa shape index (κ3) is 6.69. The first kappa shape index (κ1) is 23.1. The average molecular weight is 443 g/mol. The van der Waals surface area contributed by atoms with Crippen molar-refractivity contribution in [3.63, 3.8) is 0 Å². The van der Waals surface area contributed by atoms with Crippen LogP contribution in [0.15, 0.2) is 42.6 Å². The molecule has 1 aliphatic rings. The van der Waals surface area contributed by atoms with Crippen LogP contribution in [-0.2, 0) is 11.2 Å². The van der Waals surface area contributed by atoms with Gasteiger partial charge < -0.3 is 15.1 Å². The molecular formula is C24H31ClN4O2. The van der Waals surface area contributed by atoms with Crippen LogP contribution in [0, 0.1) is 5.92 Å². The van der Waals surface area contributed by atoms with Gasteiger partial charge in [0.1, 0.15) is 5.82 Å². The van der Waals surface area contributed by atoms with Crippen LogP contribution in [0.25, 0.3) is 0 Å². The predicted octanol–water partition coefficient (Wildman–Crippen LogP) is 3.79. The van der Waals surface area contributed by atoms with E-state index in [0.29, 0.717) is 42.6 Å². The molecule has 3 rings (SSSR count). The summed E-state index contributed by atoms with van der Waals surface area (Å²) in [5, 5.41) is 3.62. The van der Waals surface area contributed by atoms with E-state index in [1.54, 1.807) is 12.3 Å². The summed E-state index contributed by atoms with van der Waals surface area (Å²) >= 11 is 5.99. The summed E-state index contributed by atoms with van der Waals surface area (Å²) in [5.74, 6) is 1.37. The summed E-state index contributed by atoms with van der Waals surface area (Å²) in [4.78, 5) is 33.3. The second kappa shape index (κ2) is 11.1. The minimum atomic E-state index is -0.137. The van der Waals surface area contributed by atoms with E-state index >= 15 is 0 Å². The van der Waals surface area contributed by atoms with Crippen LogP contribution < -0.4 is 10.2 Å². The van der Waals surface area contributed by atoms with E-state index in [0.717, 1.165) is 37.3 Å². The SMILES string of the molecule is CCC(C)CC(=O)N1CCN(c2ccc(C(=O)NCCc3cccc(Cl)c3)cn2)CC1. The molecule has 31 heavy (non-hydrogen) atoms. The summed E-state index contributed by atoms with van der Waals surface area (Å²) in [6.07, 6.45) is 3.98. The van der Waals surface area contributed by atoms with Gasteiger partial charge >= 0.3 is 0 Å². The molecule has 2 amide bonds. The number of rotatable bonds is 8. The number of amides is 2. The Balaban J connectivity index is 1.45. The van der Waals surface area contributed by atoms with Crippen LogP contribution in [0.2, 0.25) is 5.02 Å². The standard InChI is InChI=1S/C24H31ClN4O2/c1-3-18(2)15-23(30)29-13-11-28(12-14-29)22-8-7-20(17-27-22)24(31)26-10-9-19-5-4-6-21(25)16-19/h4-8,16-18H,3,9-15H2,1-2H3,(H,26,31). The number of nitrogens with zero attached hydrogens (tertiary/aromatic N) is 3. The molecule has 166 valence electrons. The van der Waals surface area contributed by atoms with Gasteiger partial charge in [0.05, 0.1) is 5.56 Å². The van der Waals surface area contributed by atoms with E-state index in [4.69, 9.17) is 11.6 Å². The number of pyridine rings is 1. The highest BCUT2D eigenvalue weighted by molar-refractivity contribution is 6.30. The van der Waals surface area contributed by atoms with Crippen molar-refractivity contribution in [1.29, 1.82) is 0 Å². The molecule has 1 aromatic heterocycles. The van der Waals surface area contributed by atoms with Crippen LogP contribution >= 0.6 is 11.6 Å². The summed E-state index contributed by atoms with van der Waals surface area (Å²) in [5.41, 5.74) is 1.63. The Morgan fingerprint density at radius 1 is 1.16 bits per heavy atom. The number of halogens is 1. The number of anilines is 1. The summed E-state index contributed by atoms with van der Waals surface area (Å²) in [7, 11) is 0. The molecule has 1 fully saturated rings. The molecule has 0 aliphatic carbocycles. The molecule has 2 aromatic rings. The quantitative estimate of drug-likeness (QED) is 0.675. The van der Waals surface area contributed by atoms with Gasteiger partial charge in [0.2, 0.25) is 5.91 Å². The predicted molar refractivity (Wildman–Crippen MR) is 125 cm³/mol. The lowest BCUT2D eigenvalue weighted by atomic mass is 10.0. The second-order valence-electron chi connectivity index (χ2n) is 8.13. The third-order valence-electron chi connectivity index (χ3n) is 5.77. The van der Waals surface area contributed by atoms with E-state index in [2.05, 4.69) is 29.0 Å². The lowest BCUT2D eigenvalue weighted by Gasteiger charge is -2.35. The number of benzene rings is 1. The van der Waals surface area contributed by atoms with Gasteiger partial charge in [-0.2, -0.15) is 0 Å². The fourth-order valence-electron chi connectivity index (χ4n) is 3.58. The van der Waals surface area contributed by atoms with E-state index in [1.165, 1.54) is 0 Å². The van der Waals surface area contributed by atoms with E-state index in [1.807, 2.05) is 35.2 Å². The molecule has 1 N–H and O–H groups in total. The first-order valence-corrected chi connectivity index (χ1v) is 11.4. The molecular weight excluding hydrogens is 412 g/mol. The number of carbonyl (C=O) groups is 2. The molecule has 1 atom stereocenters. The largest absolute Gasteiger partial charge is 0.353 e. The first-order chi connectivity index (χ1) is 15.0. The molecule has 0 radical (unpaired) electrons. The van der Waals surface area contributed by atoms with E-state index in [-0.39, 0.29) is 11.8 Å². The van der Waals surface area contributed by atoms with Gasteiger partial charge in [-0.1, -0.05) is 44.0 Å². The number of aromatic nitrogens is 1. The second-order valence-corrected chi connectivity index (χ2v) is 8.56. The smallest absolute Gasteiger partial charge is 0.252 e. The molecule has 2 heterocycles. The Labute approximate surface area is 189 Å². The molecule has 0 spiro atoms. The van der Waals surface area contributed by atoms with Crippen molar-refractivity contribution < 1.29 is 9.59 Å². The number of hydrogen-bond acceptors (Lipinski definition) is 4. The fraction of sp³-hybridized carbons (Fsp3) is 0.458. The maximum Gasteiger partial charge on any atom is 0.252 e. The lowest BCUT2D eigenvalue weighted by molar-refractivity contribution is -0.132. The highest BCUT2D eigenvalue weighted by Gasteiger charge is 2.22. The van der Waals surface area contributed by atoms with E-state index < -0.39 is 0 Å². The topological polar surface area (TPSA) is 65.5 Å². The van der Waals surface area contributed by atoms with Crippen LogP contribution in [-0.4, -0.2) is 54.4 Å². The normalized spacial score (nSPS) is 14.9. The number of carbonyl (C=O) groups excluding carboxylic acids is 2. The monoisotopic (exact) mass is 442 g/mol. The maximum absolute atomic E-state index is 12.4. The zero-order valence-corrected chi connectivity index (χ0v) is 19.1. The molecule has 7 heteroatoms. The van der Waals surface area contributed by atoms with Crippen molar-refractivity contribution in [1.82, 2.24) is 15.2 Å². The van der Waals surface area contributed by atoms with Gasteiger partial charge in [0.25, 0.3) is 5.91 Å². The Morgan fingerprint density at radius 2 is 1.94 bits per heavy atom. The van der Waals surface area contributed by atoms with Crippen molar-refractivity contribution in [2.45, 2.75) is 33.1 Å². The van der Waals surface area contributed by atoms with Gasteiger partial charge in [-0.25, -0.2) is 4.98 Å². The molecule has 1 saturated heterocycles. The van der Waals surface area contributed by atoms with Crippen LogP contribution in [0.4, 0.5) is 5.82 Å². The maximum atomic E-state index is 12.4. The van der Waals surface area contributed by atoms with Crippen LogP contribution in [0.5, 0.6) is 0 Å². The average Bonchev–Trinajstić information content (AvgIpc) is 2.79. The zero-order valence-electron chi connectivity index (χ0n) is 18.3. The van der Waals surface area contributed by atoms with Gasteiger partial charge in [-0.15, -0.1) is 0 Å². The Hall–Kier alpha value is -2.60. The van der Waals surface area contributed by atoms with Crippen molar-refractivity contribution in [3.8, 4) is 0 Å². The highest BCUT2D eigenvalue weighted by Crippen LogP contribution is 2.16. The summed E-state index contributed by atoms with van der Waals surface area (Å²) in [6, 6.07) is 11.3. The molecule has 1 aromatic carbocycles. The Bertz CT molecular complexity index is 879. The zero-order chi connectivity index (χ0) is 22.2. The van der Waals surface area contributed by atoms with Crippen molar-refractivity contribution >= 4 is 29.2 Å². The Morgan fingerprint density at radius 3 is 2.58 bits per heavy atom. The summed E-state index contributed by atoms with van der Waals surface area (Å²) in [6.45, 7) is 7.70. The van der Waals surface area contributed by atoms with Crippen LogP contribution in [0.1, 0.15) is 42.6 Å². The van der Waals surface area contributed by atoms with E-state index in [9.17, 15) is 9.59 Å². The summed E-state index contributed by atoms with van der Waals surface area (Å²) < 4.78 is 0. The van der Waals surface area contributed by atoms with Gasteiger partial charge in [0, 0.05) is 50.4 Å². The number of piperazine rings is 1. The molecule has 0 saturated carbocycles. The minimum Gasteiger partial charge on any atom is -0.353 e. The molecule has 6 nitrogen and oxygen atoms in total. The molecule has 1 aliphatic heterocycles.